The second-order valence-electron chi connectivity index (χ2n) is 9.28. The van der Waals surface area contributed by atoms with Gasteiger partial charge >= 0.3 is 12.3 Å². The minimum atomic E-state index is -3.61. The normalized spacial score (nSPS) is 19.1. The minimum Gasteiger partial charge on any atom is -0.395 e. The Labute approximate surface area is 214 Å². The van der Waals surface area contributed by atoms with Crippen LogP contribution in [-0.4, -0.2) is 57.7 Å². The molecule has 0 spiro atoms. The maximum atomic E-state index is 13.3. The molecule has 13 heteroatoms. The van der Waals surface area contributed by atoms with Gasteiger partial charge in [0.15, 0.2) is 23.7 Å². The van der Waals surface area contributed by atoms with Crippen LogP contribution < -0.4 is 14.4 Å². The van der Waals surface area contributed by atoms with Gasteiger partial charge in [0, 0.05) is 32.7 Å². The summed E-state index contributed by atoms with van der Waals surface area (Å²) in [5.74, 6) is 0.489. The third-order valence-electron chi connectivity index (χ3n) is 6.79. The topological polar surface area (TPSA) is 103 Å². The zero-order chi connectivity index (χ0) is 26.2. The van der Waals surface area contributed by atoms with Crippen LogP contribution in [-0.2, 0) is 12.0 Å². The van der Waals surface area contributed by atoms with Gasteiger partial charge < -0.3 is 23.4 Å². The van der Waals surface area contributed by atoms with Crippen molar-refractivity contribution in [3.63, 3.8) is 0 Å². The molecule has 2 aromatic heterocycles. The van der Waals surface area contributed by atoms with E-state index in [1.54, 1.807) is 24.3 Å². The van der Waals surface area contributed by atoms with Crippen LogP contribution in [0.3, 0.4) is 0 Å². The molecule has 0 amide bonds. The van der Waals surface area contributed by atoms with Crippen molar-refractivity contribution in [2.45, 2.75) is 31.1 Å². The number of benzene rings is 2. The highest BCUT2D eigenvalue weighted by atomic mass is 19.3. The molecule has 0 atom stereocenters. The molecule has 7 rings (SSSR count). The number of piperazine rings is 1. The van der Waals surface area contributed by atoms with Crippen LogP contribution in [0.1, 0.15) is 29.8 Å². The van der Waals surface area contributed by atoms with Crippen LogP contribution in [0.5, 0.6) is 11.5 Å². The van der Waals surface area contributed by atoms with E-state index in [0.717, 1.165) is 37.1 Å². The minimum absolute atomic E-state index is 0.0508. The SMILES string of the molecule is Fc1ccc(C2(c3noc(N4CCN(Cc5ccc6c(c5)OC(F)(F)O6)CC4)n3)CC2)cc1.c1ncon1. The fourth-order valence-corrected chi connectivity index (χ4v) is 4.66. The zero-order valence-corrected chi connectivity index (χ0v) is 20.1. The Morgan fingerprint density at radius 3 is 2.34 bits per heavy atom. The number of anilines is 1. The summed E-state index contributed by atoms with van der Waals surface area (Å²) in [6, 6.07) is 11.9. The highest BCUT2D eigenvalue weighted by Gasteiger charge is 2.50. The largest absolute Gasteiger partial charge is 0.586 e. The summed E-state index contributed by atoms with van der Waals surface area (Å²) in [7, 11) is 0. The first-order chi connectivity index (χ1) is 18.4. The molecule has 10 nitrogen and oxygen atoms in total. The van der Waals surface area contributed by atoms with Crippen molar-refractivity contribution in [3.8, 4) is 11.5 Å². The average molecular weight is 528 g/mol. The third kappa shape index (κ3) is 5.01. The lowest BCUT2D eigenvalue weighted by molar-refractivity contribution is -0.286. The van der Waals surface area contributed by atoms with E-state index in [4.69, 9.17) is 4.52 Å². The third-order valence-corrected chi connectivity index (χ3v) is 6.79. The monoisotopic (exact) mass is 528 g/mol. The molecule has 38 heavy (non-hydrogen) atoms. The molecule has 1 saturated carbocycles. The van der Waals surface area contributed by atoms with Gasteiger partial charge in [0.1, 0.15) is 5.82 Å². The van der Waals surface area contributed by atoms with Crippen molar-refractivity contribution in [3.05, 3.63) is 78.0 Å². The van der Waals surface area contributed by atoms with Crippen LogP contribution in [0.25, 0.3) is 0 Å². The molecule has 198 valence electrons. The van der Waals surface area contributed by atoms with Crippen molar-refractivity contribution in [2.24, 2.45) is 0 Å². The van der Waals surface area contributed by atoms with Crippen molar-refractivity contribution < 1.29 is 31.7 Å². The van der Waals surface area contributed by atoms with Crippen LogP contribution in [0.15, 0.2) is 64.2 Å². The molecule has 0 bridgehead atoms. The summed E-state index contributed by atoms with van der Waals surface area (Å²) in [4.78, 5) is 12.4. The number of fused-ring (bicyclic) bond motifs is 1. The van der Waals surface area contributed by atoms with E-state index in [2.05, 4.69) is 39.2 Å². The Bertz CT molecular complexity index is 1350. The molecule has 0 N–H and O–H groups in total. The van der Waals surface area contributed by atoms with Gasteiger partial charge in [-0.15, -0.1) is 8.78 Å². The fourth-order valence-electron chi connectivity index (χ4n) is 4.66. The first-order valence-corrected chi connectivity index (χ1v) is 12.1. The standard InChI is InChI=1S/C23H21F3N4O3.C2H2N2O/c24-17-4-2-16(3-5-17)22(7-8-22)20-27-21(33-28-20)30-11-9-29(10-12-30)14-15-1-6-18-19(13-15)32-23(25,26)31-18;1-3-2-5-4-1/h1-6,13H,7-12,14H2;1-2H. The number of halogens is 3. The molecule has 2 aromatic carbocycles. The highest BCUT2D eigenvalue weighted by molar-refractivity contribution is 5.45. The zero-order valence-electron chi connectivity index (χ0n) is 20.1. The van der Waals surface area contributed by atoms with Gasteiger partial charge in [0.25, 0.3) is 0 Å². The van der Waals surface area contributed by atoms with Gasteiger partial charge in [0.2, 0.25) is 6.39 Å². The molecular weight excluding hydrogens is 505 g/mol. The number of hydrogen-bond acceptors (Lipinski definition) is 10. The van der Waals surface area contributed by atoms with Crippen LogP contribution in [0.4, 0.5) is 19.2 Å². The summed E-state index contributed by atoms with van der Waals surface area (Å²) in [5, 5.41) is 7.47. The van der Waals surface area contributed by atoms with E-state index in [1.807, 2.05) is 4.90 Å². The van der Waals surface area contributed by atoms with E-state index in [0.29, 0.717) is 31.5 Å². The summed E-state index contributed by atoms with van der Waals surface area (Å²) >= 11 is 0. The molecule has 4 heterocycles. The summed E-state index contributed by atoms with van der Waals surface area (Å²) in [6.07, 6.45) is 0.810. The molecule has 2 aliphatic heterocycles. The second-order valence-corrected chi connectivity index (χ2v) is 9.28. The summed E-state index contributed by atoms with van der Waals surface area (Å²) < 4.78 is 58.5. The van der Waals surface area contributed by atoms with Crippen LogP contribution >= 0.6 is 0 Å². The van der Waals surface area contributed by atoms with Crippen molar-refractivity contribution >= 4 is 6.01 Å². The van der Waals surface area contributed by atoms with Crippen molar-refractivity contribution in [1.82, 2.24) is 25.2 Å². The van der Waals surface area contributed by atoms with Gasteiger partial charge in [-0.2, -0.15) is 4.98 Å². The molecular formula is C25H23F3N6O4. The molecule has 0 radical (unpaired) electrons. The quantitative estimate of drug-likeness (QED) is 0.378. The lowest BCUT2D eigenvalue weighted by atomic mass is 9.95. The molecule has 0 unspecified atom stereocenters. The lowest BCUT2D eigenvalue weighted by Crippen LogP contribution is -2.46. The maximum absolute atomic E-state index is 13.3. The molecule has 1 saturated heterocycles. The van der Waals surface area contributed by atoms with Gasteiger partial charge in [-0.3, -0.25) is 4.90 Å². The Morgan fingerprint density at radius 1 is 0.921 bits per heavy atom. The second kappa shape index (κ2) is 9.63. The van der Waals surface area contributed by atoms with Crippen molar-refractivity contribution in [1.29, 1.82) is 0 Å². The van der Waals surface area contributed by atoms with Crippen LogP contribution in [0.2, 0.25) is 0 Å². The van der Waals surface area contributed by atoms with Crippen molar-refractivity contribution in [2.75, 3.05) is 31.1 Å². The van der Waals surface area contributed by atoms with E-state index >= 15 is 0 Å². The number of aromatic nitrogens is 4. The molecule has 3 aliphatic rings. The fraction of sp³-hybridized carbons (Fsp3) is 0.360. The van der Waals surface area contributed by atoms with Gasteiger partial charge in [-0.1, -0.05) is 28.5 Å². The number of hydrogen-bond donors (Lipinski definition) is 0. The Hall–Kier alpha value is -4.13. The maximum Gasteiger partial charge on any atom is 0.586 e. The Balaban J connectivity index is 0.000000476. The van der Waals surface area contributed by atoms with Gasteiger partial charge in [-0.05, 0) is 48.2 Å². The first-order valence-electron chi connectivity index (χ1n) is 12.1. The van der Waals surface area contributed by atoms with E-state index in [-0.39, 0.29) is 22.7 Å². The number of ether oxygens (including phenoxy) is 2. The molecule has 2 fully saturated rings. The van der Waals surface area contributed by atoms with E-state index < -0.39 is 6.29 Å². The molecule has 1 aliphatic carbocycles. The number of alkyl halides is 2. The lowest BCUT2D eigenvalue weighted by Gasteiger charge is -2.33. The Morgan fingerprint density at radius 2 is 1.68 bits per heavy atom. The molecule has 4 aromatic rings. The predicted molar refractivity (Wildman–Crippen MR) is 125 cm³/mol. The number of nitrogens with zero attached hydrogens (tertiary/aromatic N) is 6. The average Bonchev–Trinajstić information content (AvgIpc) is 3.28. The summed E-state index contributed by atoms with van der Waals surface area (Å²) in [5.41, 5.74) is 1.59. The summed E-state index contributed by atoms with van der Waals surface area (Å²) in [6.45, 7) is 3.53. The van der Waals surface area contributed by atoms with E-state index in [9.17, 15) is 13.2 Å². The van der Waals surface area contributed by atoms with Gasteiger partial charge in [-0.25, -0.2) is 9.37 Å². The van der Waals surface area contributed by atoms with Crippen LogP contribution in [0, 0.1) is 5.82 Å². The highest BCUT2D eigenvalue weighted by Crippen LogP contribution is 2.52. The van der Waals surface area contributed by atoms with Gasteiger partial charge in [0.05, 0.1) is 5.41 Å². The first kappa shape index (κ1) is 24.2. The smallest absolute Gasteiger partial charge is 0.395 e. The predicted octanol–water partition coefficient (Wildman–Crippen LogP) is 4.00. The number of rotatable bonds is 5. The Kier molecular flexibility index (Phi) is 6.14. The van der Waals surface area contributed by atoms with E-state index in [1.165, 1.54) is 30.9 Å².